The lowest BCUT2D eigenvalue weighted by atomic mass is 10.5. The Balaban J connectivity index is 2.11. The van der Waals surface area contributed by atoms with Gasteiger partial charge in [-0.05, 0) is 0 Å². The van der Waals surface area contributed by atoms with Gasteiger partial charge in [-0.15, -0.1) is 0 Å². The molecule has 84 valence electrons. The highest BCUT2D eigenvalue weighted by Gasteiger charge is 2.03. The SMILES string of the molecule is Cn1cnc(CNc2nccn(C)c2=O)n1. The van der Waals surface area contributed by atoms with Crippen molar-refractivity contribution in [2.24, 2.45) is 14.1 Å². The average molecular weight is 220 g/mol. The summed E-state index contributed by atoms with van der Waals surface area (Å²) in [4.78, 5) is 19.6. The molecule has 0 aliphatic carbocycles. The molecule has 0 unspecified atom stereocenters. The van der Waals surface area contributed by atoms with E-state index in [1.807, 2.05) is 0 Å². The van der Waals surface area contributed by atoms with Gasteiger partial charge in [-0.25, -0.2) is 9.97 Å². The lowest BCUT2D eigenvalue weighted by molar-refractivity contribution is 0.746. The first-order valence-electron chi connectivity index (χ1n) is 4.77. The van der Waals surface area contributed by atoms with E-state index in [2.05, 4.69) is 20.4 Å². The molecule has 2 aromatic rings. The topological polar surface area (TPSA) is 77.6 Å². The Morgan fingerprint density at radius 1 is 1.38 bits per heavy atom. The van der Waals surface area contributed by atoms with Crippen LogP contribution < -0.4 is 10.9 Å². The number of hydrogen-bond donors (Lipinski definition) is 1. The molecule has 2 aromatic heterocycles. The molecule has 1 N–H and O–H groups in total. The fourth-order valence-electron chi connectivity index (χ4n) is 1.25. The number of anilines is 1. The van der Waals surface area contributed by atoms with Crippen LogP contribution in [0.3, 0.4) is 0 Å². The highest BCUT2D eigenvalue weighted by atomic mass is 16.1. The fourth-order valence-corrected chi connectivity index (χ4v) is 1.25. The van der Waals surface area contributed by atoms with Gasteiger partial charge in [-0.3, -0.25) is 9.48 Å². The smallest absolute Gasteiger partial charge is 0.293 e. The van der Waals surface area contributed by atoms with Crippen molar-refractivity contribution in [3.63, 3.8) is 0 Å². The summed E-state index contributed by atoms with van der Waals surface area (Å²) < 4.78 is 3.06. The van der Waals surface area contributed by atoms with Crippen LogP contribution in [0.15, 0.2) is 23.5 Å². The summed E-state index contributed by atoms with van der Waals surface area (Å²) in [5.74, 6) is 0.924. The van der Waals surface area contributed by atoms with Gasteiger partial charge < -0.3 is 9.88 Å². The van der Waals surface area contributed by atoms with Crippen molar-refractivity contribution >= 4 is 5.82 Å². The van der Waals surface area contributed by atoms with E-state index in [0.29, 0.717) is 18.2 Å². The van der Waals surface area contributed by atoms with Crippen LogP contribution in [-0.2, 0) is 20.6 Å². The Kier molecular flexibility index (Phi) is 2.67. The minimum Gasteiger partial charge on any atom is -0.358 e. The van der Waals surface area contributed by atoms with Crippen LogP contribution in [0.5, 0.6) is 0 Å². The second kappa shape index (κ2) is 4.13. The highest BCUT2D eigenvalue weighted by molar-refractivity contribution is 5.30. The van der Waals surface area contributed by atoms with Gasteiger partial charge in [0.2, 0.25) is 0 Å². The maximum atomic E-state index is 11.6. The number of rotatable bonds is 3. The first-order chi connectivity index (χ1) is 7.66. The van der Waals surface area contributed by atoms with Crippen molar-refractivity contribution in [1.29, 1.82) is 0 Å². The van der Waals surface area contributed by atoms with E-state index in [9.17, 15) is 4.79 Å². The van der Waals surface area contributed by atoms with Gasteiger partial charge in [0.25, 0.3) is 5.56 Å². The fraction of sp³-hybridized carbons (Fsp3) is 0.333. The number of nitrogens with one attached hydrogen (secondary N) is 1. The quantitative estimate of drug-likeness (QED) is 0.756. The molecule has 0 fully saturated rings. The van der Waals surface area contributed by atoms with Crippen LogP contribution in [0, 0.1) is 0 Å². The van der Waals surface area contributed by atoms with Crippen LogP contribution in [-0.4, -0.2) is 24.3 Å². The molecule has 16 heavy (non-hydrogen) atoms. The lowest BCUT2D eigenvalue weighted by Crippen LogP contribution is -2.22. The van der Waals surface area contributed by atoms with Crippen LogP contribution >= 0.6 is 0 Å². The monoisotopic (exact) mass is 220 g/mol. The zero-order valence-electron chi connectivity index (χ0n) is 9.08. The predicted octanol–water partition coefficient (Wildman–Crippen LogP) is -0.479. The molecule has 7 nitrogen and oxygen atoms in total. The van der Waals surface area contributed by atoms with Crippen molar-refractivity contribution in [3.05, 3.63) is 34.9 Å². The first kappa shape index (κ1) is 10.3. The zero-order valence-corrected chi connectivity index (χ0v) is 9.08. The summed E-state index contributed by atoms with van der Waals surface area (Å²) >= 11 is 0. The largest absolute Gasteiger partial charge is 0.358 e. The van der Waals surface area contributed by atoms with E-state index < -0.39 is 0 Å². The number of aryl methyl sites for hydroxylation is 2. The molecule has 0 bridgehead atoms. The van der Waals surface area contributed by atoms with E-state index in [4.69, 9.17) is 0 Å². The molecule has 0 aromatic carbocycles. The summed E-state index contributed by atoms with van der Waals surface area (Å²) in [5, 5.41) is 6.98. The molecule has 0 saturated heterocycles. The van der Waals surface area contributed by atoms with Gasteiger partial charge in [0, 0.05) is 26.5 Å². The Morgan fingerprint density at radius 3 is 2.88 bits per heavy atom. The van der Waals surface area contributed by atoms with E-state index in [1.54, 1.807) is 37.5 Å². The summed E-state index contributed by atoms with van der Waals surface area (Å²) in [5.41, 5.74) is -0.168. The second-order valence-corrected chi connectivity index (χ2v) is 3.38. The molecule has 0 aliphatic rings. The molecule has 0 saturated carbocycles. The average Bonchev–Trinajstić information content (AvgIpc) is 2.67. The van der Waals surface area contributed by atoms with Gasteiger partial charge in [0.1, 0.15) is 6.33 Å². The molecule has 0 spiro atoms. The van der Waals surface area contributed by atoms with Gasteiger partial charge in [-0.1, -0.05) is 0 Å². The Bertz CT molecular complexity index is 543. The summed E-state index contributed by atoms with van der Waals surface area (Å²) in [6.45, 7) is 0.382. The van der Waals surface area contributed by atoms with Gasteiger partial charge in [-0.2, -0.15) is 5.10 Å². The van der Waals surface area contributed by atoms with Crippen LogP contribution in [0.4, 0.5) is 5.82 Å². The number of aromatic nitrogens is 5. The van der Waals surface area contributed by atoms with Gasteiger partial charge in [0.05, 0.1) is 6.54 Å². The Morgan fingerprint density at radius 2 is 2.19 bits per heavy atom. The van der Waals surface area contributed by atoms with Crippen molar-refractivity contribution in [2.45, 2.75) is 6.54 Å². The minimum atomic E-state index is -0.168. The van der Waals surface area contributed by atoms with Crippen LogP contribution in [0.25, 0.3) is 0 Å². The Hall–Kier alpha value is -2.18. The summed E-state index contributed by atoms with van der Waals surface area (Å²) in [6.07, 6.45) is 4.77. The lowest BCUT2D eigenvalue weighted by Gasteiger charge is -2.03. The maximum Gasteiger partial charge on any atom is 0.293 e. The van der Waals surface area contributed by atoms with Crippen LogP contribution in [0.1, 0.15) is 5.82 Å². The van der Waals surface area contributed by atoms with Crippen molar-refractivity contribution in [1.82, 2.24) is 24.3 Å². The van der Waals surface area contributed by atoms with Crippen molar-refractivity contribution in [2.75, 3.05) is 5.32 Å². The molecule has 0 aliphatic heterocycles. The van der Waals surface area contributed by atoms with E-state index in [1.165, 1.54) is 4.57 Å². The standard InChI is InChI=1S/C9H12N6O/c1-14-4-3-10-8(9(14)16)11-5-7-12-6-15(2)13-7/h3-4,6H,5H2,1-2H3,(H,10,11). The number of hydrogen-bond acceptors (Lipinski definition) is 5. The number of nitrogens with zero attached hydrogens (tertiary/aromatic N) is 5. The molecule has 2 rings (SSSR count). The summed E-state index contributed by atoms with van der Waals surface area (Å²) in [7, 11) is 3.46. The van der Waals surface area contributed by atoms with Crippen LogP contribution in [0.2, 0.25) is 0 Å². The third kappa shape index (κ3) is 2.08. The zero-order chi connectivity index (χ0) is 11.5. The maximum absolute atomic E-state index is 11.6. The third-order valence-electron chi connectivity index (χ3n) is 2.08. The predicted molar refractivity (Wildman–Crippen MR) is 57.8 cm³/mol. The summed E-state index contributed by atoms with van der Waals surface area (Å²) in [6, 6.07) is 0. The van der Waals surface area contributed by atoms with Crippen molar-refractivity contribution in [3.8, 4) is 0 Å². The molecule has 2 heterocycles. The van der Waals surface area contributed by atoms with E-state index >= 15 is 0 Å². The molecule has 0 atom stereocenters. The Labute approximate surface area is 91.8 Å². The van der Waals surface area contributed by atoms with Gasteiger partial charge in [0.15, 0.2) is 11.6 Å². The third-order valence-corrected chi connectivity index (χ3v) is 2.08. The van der Waals surface area contributed by atoms with Crippen molar-refractivity contribution < 1.29 is 0 Å². The molecular weight excluding hydrogens is 208 g/mol. The second-order valence-electron chi connectivity index (χ2n) is 3.38. The highest BCUT2D eigenvalue weighted by Crippen LogP contribution is 1.95. The minimum absolute atomic E-state index is 0.168. The van der Waals surface area contributed by atoms with E-state index in [-0.39, 0.29) is 5.56 Å². The normalized spacial score (nSPS) is 10.4. The van der Waals surface area contributed by atoms with Gasteiger partial charge >= 0.3 is 0 Å². The molecular formula is C9H12N6O. The molecule has 7 heteroatoms. The first-order valence-corrected chi connectivity index (χ1v) is 4.77. The molecule has 0 radical (unpaired) electrons. The molecule has 0 amide bonds. The van der Waals surface area contributed by atoms with E-state index in [0.717, 1.165) is 0 Å².